The van der Waals surface area contributed by atoms with Crippen LogP contribution in [0.2, 0.25) is 0 Å². The third-order valence-electron chi connectivity index (χ3n) is 4.53. The van der Waals surface area contributed by atoms with Crippen molar-refractivity contribution in [1.82, 2.24) is 0 Å². The second kappa shape index (κ2) is 1.71. The number of rotatable bonds is 0. The Morgan fingerprint density at radius 1 is 0.833 bits per heavy atom. The molecule has 62 valence electrons. The molecular weight excluding hydrogens is 144 g/mol. The predicted molar refractivity (Wildman–Crippen MR) is 48.6 cm³/mol. The Morgan fingerprint density at radius 2 is 1.42 bits per heavy atom. The maximum absolute atomic E-state index is 2.48. The SMILES string of the molecule is C1=C[C@H]2C[C@@H]1C1=C2[C@H]2CC[C@@H]1C2. The molecule has 0 aliphatic heterocycles. The van der Waals surface area contributed by atoms with Crippen LogP contribution in [-0.2, 0) is 0 Å². The second-order valence-corrected chi connectivity index (χ2v) is 4.95. The number of hydrogen-bond acceptors (Lipinski definition) is 0. The van der Waals surface area contributed by atoms with Crippen molar-refractivity contribution < 1.29 is 0 Å². The van der Waals surface area contributed by atoms with Gasteiger partial charge in [-0.05, 0) is 49.4 Å². The lowest BCUT2D eigenvalue weighted by molar-refractivity contribution is 0.555. The standard InChI is InChI=1S/C12H14/c1-2-8-5-7(1)11-9-3-4-10(6-9)12(8)11/h1-2,7-10H,3-6H2/t7-,8+,9-,10+. The van der Waals surface area contributed by atoms with E-state index in [1.807, 2.05) is 11.1 Å². The number of allylic oxidation sites excluding steroid dienone is 4. The van der Waals surface area contributed by atoms with Crippen molar-refractivity contribution in [3.63, 3.8) is 0 Å². The molecule has 0 aromatic rings. The van der Waals surface area contributed by atoms with Crippen molar-refractivity contribution in [2.24, 2.45) is 23.7 Å². The second-order valence-electron chi connectivity index (χ2n) is 4.95. The van der Waals surface area contributed by atoms with Gasteiger partial charge in [-0.1, -0.05) is 23.3 Å². The van der Waals surface area contributed by atoms with E-state index in [0.29, 0.717) is 0 Å². The summed E-state index contributed by atoms with van der Waals surface area (Å²) >= 11 is 0. The Bertz CT molecular complexity index is 280. The average Bonchev–Trinajstić information content (AvgIpc) is 2.83. The van der Waals surface area contributed by atoms with Gasteiger partial charge in [-0.15, -0.1) is 0 Å². The first kappa shape index (κ1) is 6.01. The van der Waals surface area contributed by atoms with E-state index in [1.54, 1.807) is 0 Å². The highest BCUT2D eigenvalue weighted by Crippen LogP contribution is 2.61. The Kier molecular flexibility index (Phi) is 0.856. The molecule has 12 heavy (non-hydrogen) atoms. The van der Waals surface area contributed by atoms with Crippen LogP contribution in [0.25, 0.3) is 0 Å². The van der Waals surface area contributed by atoms with Crippen LogP contribution in [0.5, 0.6) is 0 Å². The topological polar surface area (TPSA) is 0 Å². The van der Waals surface area contributed by atoms with Gasteiger partial charge in [-0.3, -0.25) is 0 Å². The van der Waals surface area contributed by atoms with E-state index in [1.165, 1.54) is 25.7 Å². The van der Waals surface area contributed by atoms with Gasteiger partial charge in [0.2, 0.25) is 0 Å². The van der Waals surface area contributed by atoms with Gasteiger partial charge in [0.25, 0.3) is 0 Å². The molecule has 0 unspecified atom stereocenters. The van der Waals surface area contributed by atoms with Crippen molar-refractivity contribution in [2.45, 2.75) is 25.7 Å². The maximum Gasteiger partial charge on any atom is -0.000860 e. The highest BCUT2D eigenvalue weighted by Gasteiger charge is 2.49. The lowest BCUT2D eigenvalue weighted by Gasteiger charge is -2.20. The van der Waals surface area contributed by atoms with Crippen LogP contribution >= 0.6 is 0 Å². The Labute approximate surface area is 73.4 Å². The lowest BCUT2D eigenvalue weighted by atomic mass is 9.85. The van der Waals surface area contributed by atoms with Gasteiger partial charge in [-0.2, -0.15) is 0 Å². The summed E-state index contributed by atoms with van der Waals surface area (Å²) in [6, 6.07) is 0. The Balaban J connectivity index is 1.91. The van der Waals surface area contributed by atoms with Crippen molar-refractivity contribution in [1.29, 1.82) is 0 Å². The van der Waals surface area contributed by atoms with Crippen LogP contribution in [0.15, 0.2) is 23.3 Å². The van der Waals surface area contributed by atoms with Gasteiger partial charge in [-0.25, -0.2) is 0 Å². The molecule has 1 fully saturated rings. The summed E-state index contributed by atoms with van der Waals surface area (Å²) in [6.45, 7) is 0. The monoisotopic (exact) mass is 158 g/mol. The molecule has 0 heteroatoms. The lowest BCUT2D eigenvalue weighted by Crippen LogP contribution is -2.07. The molecule has 4 aliphatic rings. The summed E-state index contributed by atoms with van der Waals surface area (Å²) in [7, 11) is 0. The highest BCUT2D eigenvalue weighted by molar-refractivity contribution is 5.45. The number of fused-ring (bicyclic) bond motifs is 8. The van der Waals surface area contributed by atoms with E-state index in [4.69, 9.17) is 0 Å². The first-order chi connectivity index (χ1) is 5.93. The van der Waals surface area contributed by atoms with Crippen LogP contribution in [0.3, 0.4) is 0 Å². The normalized spacial score (nSPS) is 52.7. The summed E-state index contributed by atoms with van der Waals surface area (Å²) < 4.78 is 0. The van der Waals surface area contributed by atoms with Gasteiger partial charge < -0.3 is 0 Å². The van der Waals surface area contributed by atoms with Gasteiger partial charge in [0.05, 0.1) is 0 Å². The zero-order valence-electron chi connectivity index (χ0n) is 7.29. The van der Waals surface area contributed by atoms with E-state index in [9.17, 15) is 0 Å². The molecule has 1 saturated carbocycles. The molecule has 0 N–H and O–H groups in total. The van der Waals surface area contributed by atoms with Gasteiger partial charge in [0.1, 0.15) is 0 Å². The predicted octanol–water partition coefficient (Wildman–Crippen LogP) is 2.92. The summed E-state index contributed by atoms with van der Waals surface area (Å²) in [4.78, 5) is 0. The van der Waals surface area contributed by atoms with Crippen LogP contribution in [0, 0.1) is 23.7 Å². The molecule has 0 radical (unpaired) electrons. The van der Waals surface area contributed by atoms with Crippen molar-refractivity contribution in [2.75, 3.05) is 0 Å². The fraction of sp³-hybridized carbons (Fsp3) is 0.667. The molecule has 0 aromatic carbocycles. The van der Waals surface area contributed by atoms with E-state index in [2.05, 4.69) is 12.2 Å². The van der Waals surface area contributed by atoms with Crippen LogP contribution in [-0.4, -0.2) is 0 Å². The third kappa shape index (κ3) is 0.485. The molecule has 0 heterocycles. The smallest absolute Gasteiger partial charge is 0.000860 e. The van der Waals surface area contributed by atoms with Gasteiger partial charge >= 0.3 is 0 Å². The molecular formula is C12H14. The quantitative estimate of drug-likeness (QED) is 0.375. The van der Waals surface area contributed by atoms with E-state index >= 15 is 0 Å². The minimum absolute atomic E-state index is 0.903. The van der Waals surface area contributed by atoms with Crippen LogP contribution in [0.4, 0.5) is 0 Å². The molecule has 0 nitrogen and oxygen atoms in total. The maximum atomic E-state index is 2.48. The summed E-state index contributed by atoms with van der Waals surface area (Å²) in [6.07, 6.45) is 11.0. The van der Waals surface area contributed by atoms with E-state index in [0.717, 1.165) is 23.7 Å². The molecule has 0 aromatic heterocycles. The Hall–Kier alpha value is -0.520. The van der Waals surface area contributed by atoms with Crippen LogP contribution in [0.1, 0.15) is 25.7 Å². The minimum atomic E-state index is 0.903. The largest absolute Gasteiger partial charge is 0.0807 e. The average molecular weight is 158 g/mol. The van der Waals surface area contributed by atoms with E-state index < -0.39 is 0 Å². The fourth-order valence-electron chi connectivity index (χ4n) is 4.21. The zero-order chi connectivity index (χ0) is 7.71. The summed E-state index contributed by atoms with van der Waals surface area (Å²) in [5.41, 5.74) is 3.83. The first-order valence-corrected chi connectivity index (χ1v) is 5.35. The summed E-state index contributed by atoms with van der Waals surface area (Å²) in [5.74, 6) is 3.87. The fourth-order valence-corrected chi connectivity index (χ4v) is 4.21. The van der Waals surface area contributed by atoms with Crippen molar-refractivity contribution in [3.05, 3.63) is 23.3 Å². The first-order valence-electron chi connectivity index (χ1n) is 5.35. The highest BCUT2D eigenvalue weighted by atomic mass is 14.5. The van der Waals surface area contributed by atoms with Crippen LogP contribution < -0.4 is 0 Å². The summed E-state index contributed by atoms with van der Waals surface area (Å²) in [5, 5.41) is 0. The molecule has 0 saturated heterocycles. The number of hydrogen-bond donors (Lipinski definition) is 0. The molecule has 4 aliphatic carbocycles. The van der Waals surface area contributed by atoms with Crippen molar-refractivity contribution in [3.8, 4) is 0 Å². The molecule has 4 bridgehead atoms. The Morgan fingerprint density at radius 3 is 2.00 bits per heavy atom. The van der Waals surface area contributed by atoms with Crippen molar-refractivity contribution >= 4 is 0 Å². The molecule has 0 amide bonds. The van der Waals surface area contributed by atoms with Gasteiger partial charge in [0.15, 0.2) is 0 Å². The molecule has 4 rings (SSSR count). The van der Waals surface area contributed by atoms with Gasteiger partial charge in [0, 0.05) is 0 Å². The molecule has 4 atom stereocenters. The molecule has 0 spiro atoms. The van der Waals surface area contributed by atoms with E-state index in [-0.39, 0.29) is 0 Å². The minimum Gasteiger partial charge on any atom is -0.0807 e. The third-order valence-corrected chi connectivity index (χ3v) is 4.53. The zero-order valence-corrected chi connectivity index (χ0v) is 7.29.